The standard InChI is InChI=1S/C13H12F2N8O/c14-11(15)6-22-5-9(4-18-22)20-13(24)21-10-2-1-3-17-12(10)23-8-16-7-19-23/h1-5,7-8,11H,6H2,(H2,20,21,24). The van der Waals surface area contributed by atoms with Gasteiger partial charge in [-0.25, -0.2) is 28.2 Å². The molecule has 3 rings (SSSR count). The first-order chi connectivity index (χ1) is 11.6. The van der Waals surface area contributed by atoms with E-state index in [-0.39, 0.29) is 0 Å². The summed E-state index contributed by atoms with van der Waals surface area (Å²) in [5.74, 6) is 0.388. The summed E-state index contributed by atoms with van der Waals surface area (Å²) in [4.78, 5) is 20.0. The summed E-state index contributed by atoms with van der Waals surface area (Å²) in [5, 5.41) is 12.8. The van der Waals surface area contributed by atoms with Gasteiger partial charge in [0.25, 0.3) is 6.43 Å². The lowest BCUT2D eigenvalue weighted by atomic mass is 10.4. The topological polar surface area (TPSA) is 103 Å². The van der Waals surface area contributed by atoms with Crippen LogP contribution in [0, 0.1) is 0 Å². The van der Waals surface area contributed by atoms with Crippen LogP contribution in [0.15, 0.2) is 43.4 Å². The fourth-order valence-electron chi connectivity index (χ4n) is 1.95. The van der Waals surface area contributed by atoms with Crippen LogP contribution in [0.3, 0.4) is 0 Å². The van der Waals surface area contributed by atoms with E-state index < -0.39 is 19.0 Å². The molecule has 9 nitrogen and oxygen atoms in total. The lowest BCUT2D eigenvalue weighted by Gasteiger charge is -2.09. The molecule has 3 aromatic heterocycles. The summed E-state index contributed by atoms with van der Waals surface area (Å²) < 4.78 is 27.0. The monoisotopic (exact) mass is 334 g/mol. The third kappa shape index (κ3) is 3.69. The second-order valence-corrected chi connectivity index (χ2v) is 4.64. The van der Waals surface area contributed by atoms with E-state index in [0.29, 0.717) is 17.2 Å². The zero-order chi connectivity index (χ0) is 16.9. The number of nitrogens with one attached hydrogen (secondary N) is 2. The molecule has 0 spiro atoms. The highest BCUT2D eigenvalue weighted by Crippen LogP contribution is 2.16. The van der Waals surface area contributed by atoms with Crippen LogP contribution >= 0.6 is 0 Å². The molecule has 2 amide bonds. The van der Waals surface area contributed by atoms with Crippen molar-refractivity contribution < 1.29 is 13.6 Å². The molecule has 0 saturated heterocycles. The Balaban J connectivity index is 1.68. The van der Waals surface area contributed by atoms with Crippen molar-refractivity contribution in [3.63, 3.8) is 0 Å². The van der Waals surface area contributed by atoms with E-state index in [2.05, 4.69) is 30.8 Å². The van der Waals surface area contributed by atoms with Crippen LogP contribution in [0.2, 0.25) is 0 Å². The number of halogens is 2. The molecule has 0 radical (unpaired) electrons. The Morgan fingerprint density at radius 2 is 2.17 bits per heavy atom. The Bertz CT molecular complexity index is 817. The van der Waals surface area contributed by atoms with Crippen molar-refractivity contribution in [2.24, 2.45) is 0 Å². The predicted molar refractivity (Wildman–Crippen MR) is 80.0 cm³/mol. The Labute approximate surface area is 134 Å². The van der Waals surface area contributed by atoms with E-state index in [1.807, 2.05) is 0 Å². The number of aromatic nitrogens is 6. The fourth-order valence-corrected chi connectivity index (χ4v) is 1.95. The number of amides is 2. The van der Waals surface area contributed by atoms with Crippen LogP contribution in [-0.4, -0.2) is 42.0 Å². The van der Waals surface area contributed by atoms with Crippen LogP contribution in [0.4, 0.5) is 25.0 Å². The number of nitrogens with zero attached hydrogens (tertiary/aromatic N) is 6. The molecule has 0 aliphatic carbocycles. The van der Waals surface area contributed by atoms with E-state index in [0.717, 1.165) is 4.68 Å². The lowest BCUT2D eigenvalue weighted by molar-refractivity contribution is 0.122. The highest BCUT2D eigenvalue weighted by atomic mass is 19.3. The average molecular weight is 334 g/mol. The van der Waals surface area contributed by atoms with Crippen LogP contribution < -0.4 is 10.6 Å². The third-order valence-electron chi connectivity index (χ3n) is 2.89. The van der Waals surface area contributed by atoms with Gasteiger partial charge in [0, 0.05) is 12.4 Å². The fraction of sp³-hybridized carbons (Fsp3) is 0.154. The maximum atomic E-state index is 12.3. The van der Waals surface area contributed by atoms with Gasteiger partial charge in [-0.1, -0.05) is 0 Å². The van der Waals surface area contributed by atoms with Crippen molar-refractivity contribution in [2.75, 3.05) is 10.6 Å². The first kappa shape index (κ1) is 15.5. The molecule has 0 saturated carbocycles. The Morgan fingerprint density at radius 3 is 2.92 bits per heavy atom. The van der Waals surface area contributed by atoms with Gasteiger partial charge in [0.1, 0.15) is 19.2 Å². The maximum absolute atomic E-state index is 12.3. The number of carbonyl (C=O) groups excluding carboxylic acids is 1. The van der Waals surface area contributed by atoms with Crippen molar-refractivity contribution in [1.29, 1.82) is 0 Å². The van der Waals surface area contributed by atoms with Gasteiger partial charge in [0.05, 0.1) is 17.6 Å². The molecule has 24 heavy (non-hydrogen) atoms. The van der Waals surface area contributed by atoms with E-state index in [9.17, 15) is 13.6 Å². The first-order valence-electron chi connectivity index (χ1n) is 6.80. The minimum absolute atomic E-state index is 0.291. The second kappa shape index (κ2) is 6.81. The van der Waals surface area contributed by atoms with Gasteiger partial charge < -0.3 is 10.6 Å². The molecular formula is C13H12F2N8O. The average Bonchev–Trinajstić information content (AvgIpc) is 3.19. The number of hydrogen-bond acceptors (Lipinski definition) is 5. The van der Waals surface area contributed by atoms with Crippen molar-refractivity contribution in [3.05, 3.63) is 43.4 Å². The van der Waals surface area contributed by atoms with Gasteiger partial charge >= 0.3 is 6.03 Å². The minimum Gasteiger partial charge on any atom is -0.305 e. The number of hydrogen-bond donors (Lipinski definition) is 2. The van der Waals surface area contributed by atoms with Gasteiger partial charge in [-0.3, -0.25) is 4.68 Å². The lowest BCUT2D eigenvalue weighted by Crippen LogP contribution is -2.20. The Morgan fingerprint density at radius 1 is 1.29 bits per heavy atom. The molecule has 0 aliphatic rings. The van der Waals surface area contributed by atoms with Gasteiger partial charge in [0.15, 0.2) is 5.82 Å². The van der Waals surface area contributed by atoms with Gasteiger partial charge in [-0.05, 0) is 12.1 Å². The molecule has 0 aliphatic heterocycles. The molecule has 124 valence electrons. The van der Waals surface area contributed by atoms with Crippen LogP contribution in [0.5, 0.6) is 0 Å². The van der Waals surface area contributed by atoms with Crippen molar-refractivity contribution in [2.45, 2.75) is 13.0 Å². The number of carbonyl (C=O) groups is 1. The number of pyridine rings is 1. The van der Waals surface area contributed by atoms with Gasteiger partial charge in [-0.15, -0.1) is 0 Å². The van der Waals surface area contributed by atoms with Gasteiger partial charge in [-0.2, -0.15) is 10.2 Å². The van der Waals surface area contributed by atoms with Crippen molar-refractivity contribution in [1.82, 2.24) is 29.5 Å². The van der Waals surface area contributed by atoms with Crippen LogP contribution in [-0.2, 0) is 6.54 Å². The summed E-state index contributed by atoms with van der Waals surface area (Å²) in [7, 11) is 0. The predicted octanol–water partition coefficient (Wildman–Crippen LogP) is 1.77. The third-order valence-corrected chi connectivity index (χ3v) is 2.89. The molecule has 11 heteroatoms. The van der Waals surface area contributed by atoms with Crippen molar-refractivity contribution >= 4 is 17.4 Å². The normalized spacial score (nSPS) is 10.8. The molecule has 0 bridgehead atoms. The Hall–Kier alpha value is -3.37. The summed E-state index contributed by atoms with van der Waals surface area (Å²) in [5.41, 5.74) is 0.694. The minimum atomic E-state index is -2.52. The molecule has 3 heterocycles. The molecule has 3 aromatic rings. The van der Waals surface area contributed by atoms with Crippen LogP contribution in [0.25, 0.3) is 5.82 Å². The molecule has 0 atom stereocenters. The number of anilines is 2. The summed E-state index contributed by atoms with van der Waals surface area (Å²) in [6.45, 7) is -0.539. The van der Waals surface area contributed by atoms with Gasteiger partial charge in [0.2, 0.25) is 0 Å². The zero-order valence-corrected chi connectivity index (χ0v) is 12.2. The van der Waals surface area contributed by atoms with E-state index in [4.69, 9.17) is 0 Å². The highest BCUT2D eigenvalue weighted by Gasteiger charge is 2.11. The Kier molecular flexibility index (Phi) is 4.40. The largest absolute Gasteiger partial charge is 0.323 e. The van der Waals surface area contributed by atoms with E-state index >= 15 is 0 Å². The summed E-state index contributed by atoms with van der Waals surface area (Å²) in [6, 6.07) is 2.72. The molecule has 0 fully saturated rings. The quantitative estimate of drug-likeness (QED) is 0.740. The first-order valence-corrected chi connectivity index (χ1v) is 6.80. The summed E-state index contributed by atoms with van der Waals surface area (Å²) in [6.07, 6.45) is 4.41. The molecule has 0 unspecified atom stereocenters. The van der Waals surface area contributed by atoms with Crippen molar-refractivity contribution in [3.8, 4) is 5.82 Å². The maximum Gasteiger partial charge on any atom is 0.323 e. The molecule has 0 aromatic carbocycles. The highest BCUT2D eigenvalue weighted by molar-refractivity contribution is 6.00. The zero-order valence-electron chi connectivity index (χ0n) is 12.2. The number of urea groups is 1. The summed E-state index contributed by atoms with van der Waals surface area (Å²) >= 11 is 0. The second-order valence-electron chi connectivity index (χ2n) is 4.64. The van der Waals surface area contributed by atoms with E-state index in [1.54, 1.807) is 18.3 Å². The SMILES string of the molecule is O=C(Nc1cnn(CC(F)F)c1)Nc1cccnc1-n1cncn1. The smallest absolute Gasteiger partial charge is 0.305 e. The molecule has 2 N–H and O–H groups in total. The molecular weight excluding hydrogens is 322 g/mol. The number of alkyl halides is 2. The van der Waals surface area contributed by atoms with Crippen LogP contribution in [0.1, 0.15) is 0 Å². The van der Waals surface area contributed by atoms with E-state index in [1.165, 1.54) is 29.7 Å². The number of rotatable bonds is 5.